The Morgan fingerprint density at radius 1 is 1.03 bits per heavy atom. The number of ether oxygens (including phenoxy) is 1. The van der Waals surface area contributed by atoms with E-state index in [2.05, 4.69) is 22.4 Å². The average molecular weight is 428 g/mol. The first kappa shape index (κ1) is 21.3. The monoisotopic (exact) mass is 427 g/mol. The van der Waals surface area contributed by atoms with Crippen molar-refractivity contribution < 1.29 is 4.74 Å². The largest absolute Gasteiger partial charge is 0.494 e. The minimum atomic E-state index is 0.718. The molecule has 4 nitrogen and oxygen atoms in total. The Labute approximate surface area is 181 Å². The van der Waals surface area contributed by atoms with E-state index in [-0.39, 0.29) is 0 Å². The van der Waals surface area contributed by atoms with Crippen LogP contribution in [0.2, 0.25) is 5.02 Å². The van der Waals surface area contributed by atoms with Gasteiger partial charge in [-0.1, -0.05) is 56.3 Å². The summed E-state index contributed by atoms with van der Waals surface area (Å²) in [6.07, 6.45) is 8.00. The lowest BCUT2D eigenvalue weighted by Gasteiger charge is -2.06. The van der Waals surface area contributed by atoms with Crippen molar-refractivity contribution in [3.8, 4) is 17.0 Å². The average Bonchev–Trinajstić information content (AvgIpc) is 3.21. The lowest BCUT2D eigenvalue weighted by atomic mass is 10.2. The summed E-state index contributed by atoms with van der Waals surface area (Å²) >= 11 is 7.44. The minimum absolute atomic E-state index is 0.718. The van der Waals surface area contributed by atoms with Crippen molar-refractivity contribution >= 4 is 34.3 Å². The van der Waals surface area contributed by atoms with Crippen molar-refractivity contribution in [3.63, 3.8) is 0 Å². The van der Waals surface area contributed by atoms with Gasteiger partial charge in [-0.25, -0.2) is 4.98 Å². The maximum absolute atomic E-state index is 5.93. The molecular weight excluding hydrogens is 402 g/mol. The fourth-order valence-electron chi connectivity index (χ4n) is 2.79. The molecular formula is C23H26ClN3OS. The van der Waals surface area contributed by atoms with E-state index in [4.69, 9.17) is 16.3 Å². The smallest absolute Gasteiger partial charge is 0.203 e. The molecule has 0 unspecified atom stereocenters. The van der Waals surface area contributed by atoms with Gasteiger partial charge < -0.3 is 4.74 Å². The van der Waals surface area contributed by atoms with Crippen LogP contribution in [0.4, 0.5) is 5.13 Å². The van der Waals surface area contributed by atoms with Crippen molar-refractivity contribution in [2.75, 3.05) is 12.0 Å². The highest BCUT2D eigenvalue weighted by Gasteiger charge is 2.03. The summed E-state index contributed by atoms with van der Waals surface area (Å²) in [6.45, 7) is 3.01. The second kappa shape index (κ2) is 11.6. The molecule has 2 aromatic carbocycles. The van der Waals surface area contributed by atoms with Gasteiger partial charge in [-0.2, -0.15) is 5.10 Å². The molecule has 0 aliphatic carbocycles. The number of nitrogens with one attached hydrogen (secondary N) is 1. The van der Waals surface area contributed by atoms with Gasteiger partial charge in [0.25, 0.3) is 0 Å². The van der Waals surface area contributed by atoms with Crippen LogP contribution in [-0.4, -0.2) is 17.8 Å². The number of hydrogen-bond donors (Lipinski definition) is 1. The number of hydrazone groups is 1. The highest BCUT2D eigenvalue weighted by molar-refractivity contribution is 7.14. The summed E-state index contributed by atoms with van der Waals surface area (Å²) in [4.78, 5) is 4.55. The van der Waals surface area contributed by atoms with Gasteiger partial charge in [0, 0.05) is 16.0 Å². The van der Waals surface area contributed by atoms with Crippen LogP contribution in [-0.2, 0) is 0 Å². The fourth-order valence-corrected chi connectivity index (χ4v) is 3.58. The Kier molecular flexibility index (Phi) is 8.53. The number of thiazole rings is 1. The third-order valence-corrected chi connectivity index (χ3v) is 5.41. The number of anilines is 1. The first-order valence-electron chi connectivity index (χ1n) is 9.98. The van der Waals surface area contributed by atoms with Crippen LogP contribution in [0.25, 0.3) is 11.3 Å². The first-order chi connectivity index (χ1) is 14.2. The van der Waals surface area contributed by atoms with Crippen molar-refractivity contribution in [2.24, 2.45) is 5.10 Å². The van der Waals surface area contributed by atoms with E-state index in [1.165, 1.54) is 37.0 Å². The minimum Gasteiger partial charge on any atom is -0.494 e. The van der Waals surface area contributed by atoms with Crippen LogP contribution in [0.5, 0.6) is 5.75 Å². The summed E-state index contributed by atoms with van der Waals surface area (Å²) in [5.74, 6) is 0.901. The van der Waals surface area contributed by atoms with Gasteiger partial charge in [0.15, 0.2) is 0 Å². The summed E-state index contributed by atoms with van der Waals surface area (Å²) in [6, 6.07) is 15.6. The van der Waals surface area contributed by atoms with Crippen LogP contribution in [0, 0.1) is 0 Å². The maximum Gasteiger partial charge on any atom is 0.203 e. The number of nitrogens with zero attached hydrogens (tertiary/aromatic N) is 2. The molecule has 0 bridgehead atoms. The normalized spacial score (nSPS) is 11.1. The SMILES string of the molecule is CCCCCCCOc1ccc(/C=N\Nc2nc(-c3ccc(Cl)cc3)cs2)cc1. The molecule has 0 saturated heterocycles. The third-order valence-electron chi connectivity index (χ3n) is 4.41. The first-order valence-corrected chi connectivity index (χ1v) is 11.2. The quantitative estimate of drug-likeness (QED) is 0.199. The van der Waals surface area contributed by atoms with Crippen LogP contribution in [0.15, 0.2) is 59.0 Å². The van der Waals surface area contributed by atoms with Crippen LogP contribution in [0.1, 0.15) is 44.6 Å². The number of rotatable bonds is 11. The predicted octanol–water partition coefficient (Wildman–Crippen LogP) is 7.26. The lowest BCUT2D eigenvalue weighted by molar-refractivity contribution is 0.304. The van der Waals surface area contributed by atoms with Crippen molar-refractivity contribution in [1.29, 1.82) is 0 Å². The number of benzene rings is 2. The molecule has 0 aliphatic rings. The molecule has 3 rings (SSSR count). The molecule has 6 heteroatoms. The zero-order chi connectivity index (χ0) is 20.3. The van der Waals surface area contributed by atoms with Gasteiger partial charge >= 0.3 is 0 Å². The van der Waals surface area contributed by atoms with Gasteiger partial charge in [-0.15, -0.1) is 11.3 Å². The molecule has 1 aromatic heterocycles. The lowest BCUT2D eigenvalue weighted by Crippen LogP contribution is -1.97. The molecule has 0 fully saturated rings. The van der Waals surface area contributed by atoms with Gasteiger partial charge in [0.1, 0.15) is 5.75 Å². The summed E-state index contributed by atoms with van der Waals surface area (Å²) in [5, 5.41) is 7.74. The van der Waals surface area contributed by atoms with E-state index in [9.17, 15) is 0 Å². The van der Waals surface area contributed by atoms with Gasteiger partial charge in [0.2, 0.25) is 5.13 Å². The molecule has 1 heterocycles. The van der Waals surface area contributed by atoms with E-state index >= 15 is 0 Å². The highest BCUT2D eigenvalue weighted by Crippen LogP contribution is 2.26. The molecule has 0 aliphatic heterocycles. The third kappa shape index (κ3) is 7.18. The summed E-state index contributed by atoms with van der Waals surface area (Å²) < 4.78 is 5.79. The van der Waals surface area contributed by atoms with Crippen LogP contribution >= 0.6 is 22.9 Å². The predicted molar refractivity (Wildman–Crippen MR) is 124 cm³/mol. The molecule has 0 spiro atoms. The van der Waals surface area contributed by atoms with E-state index < -0.39 is 0 Å². The second-order valence-corrected chi connectivity index (χ2v) is 8.04. The molecule has 0 saturated carbocycles. The van der Waals surface area contributed by atoms with Crippen molar-refractivity contribution in [3.05, 3.63) is 64.5 Å². The van der Waals surface area contributed by atoms with E-state index in [0.29, 0.717) is 0 Å². The molecule has 1 N–H and O–H groups in total. The molecule has 29 heavy (non-hydrogen) atoms. The Morgan fingerprint density at radius 3 is 2.55 bits per heavy atom. The van der Waals surface area contributed by atoms with E-state index in [1.54, 1.807) is 6.21 Å². The number of hydrogen-bond acceptors (Lipinski definition) is 5. The fraction of sp³-hybridized carbons (Fsp3) is 0.304. The highest BCUT2D eigenvalue weighted by atomic mass is 35.5. The zero-order valence-electron chi connectivity index (χ0n) is 16.6. The van der Waals surface area contributed by atoms with Crippen molar-refractivity contribution in [2.45, 2.75) is 39.0 Å². The van der Waals surface area contributed by atoms with E-state index in [0.717, 1.165) is 45.8 Å². The molecule has 0 amide bonds. The Bertz CT molecular complexity index is 891. The molecule has 0 radical (unpaired) electrons. The number of halogens is 1. The summed E-state index contributed by atoms with van der Waals surface area (Å²) in [5.41, 5.74) is 5.92. The van der Waals surface area contributed by atoms with Gasteiger partial charge in [-0.05, 0) is 48.4 Å². The molecule has 0 atom stereocenters. The standard InChI is InChI=1S/C23H26ClN3OS/c1-2-3-4-5-6-15-28-21-13-7-18(8-14-21)16-25-27-23-26-22(17-29-23)19-9-11-20(24)12-10-19/h7-14,16-17H,2-6,15H2,1H3,(H,26,27)/b25-16-. The Morgan fingerprint density at radius 2 is 1.79 bits per heavy atom. The van der Waals surface area contributed by atoms with Gasteiger partial charge in [0.05, 0.1) is 18.5 Å². The molecule has 152 valence electrons. The maximum atomic E-state index is 5.93. The van der Waals surface area contributed by atoms with Crippen molar-refractivity contribution in [1.82, 2.24) is 4.98 Å². The topological polar surface area (TPSA) is 46.5 Å². The zero-order valence-corrected chi connectivity index (χ0v) is 18.2. The Balaban J connectivity index is 1.44. The Hall–Kier alpha value is -2.37. The second-order valence-electron chi connectivity index (χ2n) is 6.75. The van der Waals surface area contributed by atoms with Gasteiger partial charge in [-0.3, -0.25) is 5.43 Å². The van der Waals surface area contributed by atoms with Crippen LogP contribution in [0.3, 0.4) is 0 Å². The summed E-state index contributed by atoms with van der Waals surface area (Å²) in [7, 11) is 0. The number of aromatic nitrogens is 1. The molecule has 3 aromatic rings. The van der Waals surface area contributed by atoms with E-state index in [1.807, 2.05) is 53.9 Å². The number of unbranched alkanes of at least 4 members (excludes halogenated alkanes) is 4. The van der Waals surface area contributed by atoms with Crippen LogP contribution < -0.4 is 10.2 Å².